The van der Waals surface area contributed by atoms with Crippen LogP contribution < -0.4 is 15.5 Å². The summed E-state index contributed by atoms with van der Waals surface area (Å²) in [6, 6.07) is 20.5. The zero-order valence-electron chi connectivity index (χ0n) is 16.5. The van der Waals surface area contributed by atoms with Crippen molar-refractivity contribution in [2.45, 2.75) is 6.92 Å². The first-order chi connectivity index (χ1) is 14.9. The summed E-state index contributed by atoms with van der Waals surface area (Å²) < 4.78 is 6.17. The first-order valence-electron chi connectivity index (χ1n) is 9.20. The number of carbonyl (C=O) groups is 3. The molecule has 3 aromatic rings. The fourth-order valence-electron chi connectivity index (χ4n) is 2.52. The Bertz CT molecular complexity index is 1130. The lowest BCUT2D eigenvalue weighted by Crippen LogP contribution is -2.32. The number of anilines is 1. The molecule has 0 aromatic heterocycles. The van der Waals surface area contributed by atoms with Crippen LogP contribution in [0.4, 0.5) is 5.69 Å². The number of halogens is 1. The number of nitrogens with zero attached hydrogens (tertiary/aromatic N) is 1. The summed E-state index contributed by atoms with van der Waals surface area (Å²) >= 11 is 3.34. The molecule has 0 aliphatic heterocycles. The normalized spacial score (nSPS) is 10.5. The Labute approximate surface area is 187 Å². The summed E-state index contributed by atoms with van der Waals surface area (Å²) in [6.07, 6.45) is 1.37. The van der Waals surface area contributed by atoms with Gasteiger partial charge in [0, 0.05) is 10.2 Å². The van der Waals surface area contributed by atoms with Gasteiger partial charge in [0.25, 0.3) is 0 Å². The third-order valence-corrected chi connectivity index (χ3v) is 4.62. The van der Waals surface area contributed by atoms with E-state index in [0.29, 0.717) is 22.6 Å². The van der Waals surface area contributed by atoms with Crippen LogP contribution >= 0.6 is 15.9 Å². The van der Waals surface area contributed by atoms with Crippen molar-refractivity contribution in [1.82, 2.24) is 5.43 Å². The van der Waals surface area contributed by atoms with E-state index in [1.165, 1.54) is 6.21 Å². The molecule has 0 radical (unpaired) electrons. The Balaban J connectivity index is 1.51. The van der Waals surface area contributed by atoms with Crippen LogP contribution in [0.1, 0.15) is 21.5 Å². The van der Waals surface area contributed by atoms with E-state index in [9.17, 15) is 14.4 Å². The van der Waals surface area contributed by atoms with Crippen LogP contribution in [0.25, 0.3) is 0 Å². The fourth-order valence-corrected chi connectivity index (χ4v) is 3.00. The SMILES string of the molecule is Cc1cc(Br)ccc1NC(=O)C(=O)N/N=C/c1ccc(OC(=O)c2ccccc2)cc1. The molecule has 0 aliphatic carbocycles. The average molecular weight is 480 g/mol. The minimum atomic E-state index is -0.896. The van der Waals surface area contributed by atoms with Crippen molar-refractivity contribution in [3.05, 3.63) is 94.0 Å². The summed E-state index contributed by atoms with van der Waals surface area (Å²) in [5, 5.41) is 6.31. The van der Waals surface area contributed by atoms with Crippen LogP contribution in [-0.2, 0) is 9.59 Å². The van der Waals surface area contributed by atoms with Gasteiger partial charge >= 0.3 is 17.8 Å². The Morgan fingerprint density at radius 3 is 2.32 bits per heavy atom. The largest absolute Gasteiger partial charge is 0.423 e. The molecule has 0 spiro atoms. The van der Waals surface area contributed by atoms with Gasteiger partial charge in [0.15, 0.2) is 0 Å². The lowest BCUT2D eigenvalue weighted by atomic mass is 10.2. The van der Waals surface area contributed by atoms with Gasteiger partial charge in [-0.1, -0.05) is 34.1 Å². The molecule has 0 saturated heterocycles. The van der Waals surface area contributed by atoms with Crippen LogP contribution in [0.15, 0.2) is 82.4 Å². The second-order valence-electron chi connectivity index (χ2n) is 6.44. The van der Waals surface area contributed by atoms with Gasteiger partial charge in [-0.3, -0.25) is 9.59 Å². The molecule has 0 fully saturated rings. The second-order valence-corrected chi connectivity index (χ2v) is 7.35. The molecule has 2 amide bonds. The van der Waals surface area contributed by atoms with Crippen LogP contribution in [0.3, 0.4) is 0 Å². The molecule has 8 heteroatoms. The zero-order valence-corrected chi connectivity index (χ0v) is 18.0. The first-order valence-corrected chi connectivity index (χ1v) is 9.99. The Morgan fingerprint density at radius 1 is 0.935 bits per heavy atom. The van der Waals surface area contributed by atoms with E-state index in [0.717, 1.165) is 10.0 Å². The predicted octanol–water partition coefficient (Wildman–Crippen LogP) is 4.07. The number of hydrazone groups is 1. The molecule has 0 unspecified atom stereocenters. The number of nitrogens with one attached hydrogen (secondary N) is 2. The van der Waals surface area contributed by atoms with Gasteiger partial charge in [-0.25, -0.2) is 10.2 Å². The summed E-state index contributed by atoms with van der Waals surface area (Å²) in [4.78, 5) is 36.0. The van der Waals surface area contributed by atoms with Gasteiger partial charge < -0.3 is 10.1 Å². The number of ether oxygens (including phenoxy) is 1. The summed E-state index contributed by atoms with van der Waals surface area (Å²) in [5.74, 6) is -1.81. The maximum Gasteiger partial charge on any atom is 0.343 e. The Kier molecular flexibility index (Phi) is 7.29. The van der Waals surface area contributed by atoms with Crippen molar-refractivity contribution in [3.63, 3.8) is 0 Å². The highest BCUT2D eigenvalue weighted by atomic mass is 79.9. The molecule has 7 nitrogen and oxygen atoms in total. The smallest absolute Gasteiger partial charge is 0.343 e. The molecule has 0 aliphatic rings. The topological polar surface area (TPSA) is 96.9 Å². The van der Waals surface area contributed by atoms with E-state index < -0.39 is 17.8 Å². The average Bonchev–Trinajstić information content (AvgIpc) is 2.77. The van der Waals surface area contributed by atoms with Crippen molar-refractivity contribution in [2.24, 2.45) is 5.10 Å². The molecular formula is C23H18BrN3O4. The molecule has 31 heavy (non-hydrogen) atoms. The number of hydrogen-bond donors (Lipinski definition) is 2. The minimum Gasteiger partial charge on any atom is -0.423 e. The van der Waals surface area contributed by atoms with Gasteiger partial charge in [-0.15, -0.1) is 0 Å². The lowest BCUT2D eigenvalue weighted by Gasteiger charge is -2.07. The van der Waals surface area contributed by atoms with Crippen LogP contribution in [0, 0.1) is 6.92 Å². The van der Waals surface area contributed by atoms with Gasteiger partial charge in [0.05, 0.1) is 11.8 Å². The van der Waals surface area contributed by atoms with E-state index in [4.69, 9.17) is 4.74 Å². The maximum atomic E-state index is 12.0. The summed E-state index contributed by atoms with van der Waals surface area (Å²) in [7, 11) is 0. The number of rotatable bonds is 5. The quantitative estimate of drug-likeness (QED) is 0.189. The maximum absolute atomic E-state index is 12.0. The van der Waals surface area contributed by atoms with Crippen LogP contribution in [0.5, 0.6) is 5.75 Å². The van der Waals surface area contributed by atoms with Crippen molar-refractivity contribution in [1.29, 1.82) is 0 Å². The number of benzene rings is 3. The van der Waals surface area contributed by atoms with Crippen molar-refractivity contribution < 1.29 is 19.1 Å². The van der Waals surface area contributed by atoms with E-state index in [1.54, 1.807) is 60.7 Å². The number of esters is 1. The zero-order chi connectivity index (χ0) is 22.2. The van der Waals surface area contributed by atoms with E-state index in [-0.39, 0.29) is 0 Å². The first kappa shape index (κ1) is 21.9. The third-order valence-electron chi connectivity index (χ3n) is 4.12. The Hall–Kier alpha value is -3.78. The van der Waals surface area contributed by atoms with E-state index in [1.807, 2.05) is 19.1 Å². The molecule has 0 heterocycles. The fraction of sp³-hybridized carbons (Fsp3) is 0.0435. The molecule has 2 N–H and O–H groups in total. The highest BCUT2D eigenvalue weighted by molar-refractivity contribution is 9.10. The summed E-state index contributed by atoms with van der Waals surface area (Å²) in [5.41, 5.74) is 4.62. The van der Waals surface area contributed by atoms with E-state index >= 15 is 0 Å². The van der Waals surface area contributed by atoms with Gasteiger partial charge in [-0.05, 0) is 72.6 Å². The van der Waals surface area contributed by atoms with Crippen molar-refractivity contribution in [2.75, 3.05) is 5.32 Å². The molecular weight excluding hydrogens is 462 g/mol. The number of hydrogen-bond acceptors (Lipinski definition) is 5. The van der Waals surface area contributed by atoms with E-state index in [2.05, 4.69) is 31.8 Å². The monoisotopic (exact) mass is 479 g/mol. The molecule has 156 valence electrons. The third kappa shape index (κ3) is 6.35. The minimum absolute atomic E-state index is 0.374. The number of aryl methyl sites for hydroxylation is 1. The second kappa shape index (κ2) is 10.3. The van der Waals surface area contributed by atoms with Gasteiger partial charge in [-0.2, -0.15) is 5.10 Å². The molecule has 0 atom stereocenters. The van der Waals surface area contributed by atoms with Gasteiger partial charge in [0.2, 0.25) is 0 Å². The highest BCUT2D eigenvalue weighted by Crippen LogP contribution is 2.20. The van der Waals surface area contributed by atoms with Crippen molar-refractivity contribution in [3.8, 4) is 5.75 Å². The van der Waals surface area contributed by atoms with Crippen LogP contribution in [0.2, 0.25) is 0 Å². The molecule has 3 aromatic carbocycles. The number of carbonyl (C=O) groups excluding carboxylic acids is 3. The number of amides is 2. The molecule has 3 rings (SSSR count). The summed E-state index contributed by atoms with van der Waals surface area (Å²) in [6.45, 7) is 1.82. The van der Waals surface area contributed by atoms with Crippen molar-refractivity contribution >= 4 is 45.6 Å². The molecule has 0 saturated carbocycles. The van der Waals surface area contributed by atoms with Gasteiger partial charge in [0.1, 0.15) is 5.75 Å². The standard InChI is InChI=1S/C23H18BrN3O4/c1-15-13-18(24)9-12-20(15)26-21(28)22(29)27-25-14-16-7-10-19(11-8-16)31-23(30)17-5-3-2-4-6-17/h2-14H,1H3,(H,26,28)(H,27,29)/b25-14+. The molecule has 0 bridgehead atoms. The lowest BCUT2D eigenvalue weighted by molar-refractivity contribution is -0.136. The highest BCUT2D eigenvalue weighted by Gasteiger charge is 2.14. The Morgan fingerprint density at radius 2 is 1.65 bits per heavy atom. The van der Waals surface area contributed by atoms with Crippen LogP contribution in [-0.4, -0.2) is 24.0 Å². The predicted molar refractivity (Wildman–Crippen MR) is 121 cm³/mol.